The molecule has 2 saturated carbocycles. The van der Waals surface area contributed by atoms with Crippen LogP contribution in [0.15, 0.2) is 6.07 Å². The van der Waals surface area contributed by atoms with E-state index in [9.17, 15) is 0 Å². The van der Waals surface area contributed by atoms with Gasteiger partial charge in [0.1, 0.15) is 12.4 Å². The van der Waals surface area contributed by atoms with Gasteiger partial charge in [-0.1, -0.05) is 12.8 Å². The normalized spacial score (nSPS) is 26.8. The zero-order chi connectivity index (χ0) is 16.6. The summed E-state index contributed by atoms with van der Waals surface area (Å²) in [6, 6.07) is 2.49. The molecule has 2 N–H and O–H groups in total. The van der Waals surface area contributed by atoms with Gasteiger partial charge in [0.05, 0.1) is 12.2 Å². The van der Waals surface area contributed by atoms with Crippen molar-refractivity contribution in [2.45, 2.75) is 62.7 Å². The molecule has 0 unspecified atom stereocenters. The van der Waals surface area contributed by atoms with Crippen LogP contribution in [0.4, 0.5) is 5.82 Å². The molecule has 2 heterocycles. The second-order valence-corrected chi connectivity index (χ2v) is 7.59. The molecule has 3 fully saturated rings. The predicted molar refractivity (Wildman–Crippen MR) is 107 cm³/mol. The van der Waals surface area contributed by atoms with Gasteiger partial charge in [-0.3, -0.25) is 0 Å². The first-order chi connectivity index (χ1) is 11.7. The summed E-state index contributed by atoms with van der Waals surface area (Å²) in [7, 11) is 1.69. The minimum Gasteiger partial charge on any atom is -0.377 e. The van der Waals surface area contributed by atoms with Gasteiger partial charge in [-0.2, -0.15) is 0 Å². The number of hydrogen-bond donors (Lipinski definition) is 1. The highest BCUT2D eigenvalue weighted by atomic mass is 35.5. The Kier molecular flexibility index (Phi) is 7.51. The number of anilines is 1. The van der Waals surface area contributed by atoms with Crippen LogP contribution in [0.25, 0.3) is 0 Å². The van der Waals surface area contributed by atoms with E-state index in [0.29, 0.717) is 18.6 Å². The first-order valence-corrected chi connectivity index (χ1v) is 9.19. The van der Waals surface area contributed by atoms with Gasteiger partial charge < -0.3 is 20.1 Å². The lowest BCUT2D eigenvalue weighted by molar-refractivity contribution is -0.0503. The van der Waals surface area contributed by atoms with Crippen LogP contribution in [0.3, 0.4) is 0 Å². The number of aromatic nitrogens is 2. The number of nitrogens with zero attached hydrogens (tertiary/aromatic N) is 3. The molecule has 1 saturated heterocycles. The Bertz CT molecular complexity index is 593. The fourth-order valence-electron chi connectivity index (χ4n) is 4.33. The highest BCUT2D eigenvalue weighted by Gasteiger charge is 2.40. The third kappa shape index (κ3) is 4.42. The number of nitrogens with two attached hydrogens (primary N) is 1. The van der Waals surface area contributed by atoms with Crippen LogP contribution in [0.2, 0.25) is 0 Å². The van der Waals surface area contributed by atoms with E-state index < -0.39 is 0 Å². The van der Waals surface area contributed by atoms with Crippen LogP contribution in [0, 0.1) is 0 Å². The number of methoxy groups -OCH3 is 1. The number of morpholine rings is 1. The van der Waals surface area contributed by atoms with Gasteiger partial charge in [0.2, 0.25) is 0 Å². The molecule has 6 nitrogen and oxygen atoms in total. The largest absolute Gasteiger partial charge is 0.377 e. The third-order valence-electron chi connectivity index (χ3n) is 5.73. The van der Waals surface area contributed by atoms with Crippen LogP contribution >= 0.6 is 24.8 Å². The summed E-state index contributed by atoms with van der Waals surface area (Å²) in [5.41, 5.74) is 7.14. The summed E-state index contributed by atoms with van der Waals surface area (Å²) < 4.78 is 11.4. The molecule has 148 valence electrons. The van der Waals surface area contributed by atoms with E-state index in [1.165, 1.54) is 25.7 Å². The monoisotopic (exact) mass is 404 g/mol. The van der Waals surface area contributed by atoms with E-state index in [-0.39, 0.29) is 30.4 Å². The van der Waals surface area contributed by atoms with Gasteiger partial charge in [0.15, 0.2) is 5.82 Å². The average molecular weight is 405 g/mol. The zero-order valence-corrected chi connectivity index (χ0v) is 17.0. The Hall–Kier alpha value is -0.660. The van der Waals surface area contributed by atoms with E-state index in [1.807, 2.05) is 0 Å². The Morgan fingerprint density at radius 3 is 2.65 bits per heavy atom. The summed E-state index contributed by atoms with van der Waals surface area (Å²) in [4.78, 5) is 11.9. The van der Waals surface area contributed by atoms with Crippen LogP contribution in [0.5, 0.6) is 0 Å². The maximum Gasteiger partial charge on any atom is 0.156 e. The van der Waals surface area contributed by atoms with Gasteiger partial charge in [0, 0.05) is 43.9 Å². The second kappa shape index (κ2) is 9.02. The smallest absolute Gasteiger partial charge is 0.156 e. The molecule has 26 heavy (non-hydrogen) atoms. The summed E-state index contributed by atoms with van der Waals surface area (Å²) in [6.07, 6.45) is 6.94. The average Bonchev–Trinajstić information content (AvgIpc) is 2.99. The lowest BCUT2D eigenvalue weighted by atomic mass is 9.78. The molecule has 0 amide bonds. The molecule has 0 aromatic carbocycles. The first-order valence-electron chi connectivity index (χ1n) is 9.19. The van der Waals surface area contributed by atoms with E-state index in [4.69, 9.17) is 25.2 Å². The van der Waals surface area contributed by atoms with Crippen molar-refractivity contribution >= 4 is 30.6 Å². The van der Waals surface area contributed by atoms with Crippen LogP contribution in [-0.2, 0) is 16.1 Å². The summed E-state index contributed by atoms with van der Waals surface area (Å²) in [5.74, 6) is 2.28. The van der Waals surface area contributed by atoms with Crippen molar-refractivity contribution in [3.63, 3.8) is 0 Å². The minimum absolute atomic E-state index is 0. The Morgan fingerprint density at radius 1 is 1.27 bits per heavy atom. The molecule has 4 rings (SSSR count). The van der Waals surface area contributed by atoms with Crippen molar-refractivity contribution < 1.29 is 9.47 Å². The van der Waals surface area contributed by atoms with Gasteiger partial charge in [-0.15, -0.1) is 24.8 Å². The third-order valence-corrected chi connectivity index (χ3v) is 5.73. The molecule has 1 aromatic rings. The Balaban J connectivity index is 0.00000121. The number of halogens is 2. The molecule has 8 heteroatoms. The van der Waals surface area contributed by atoms with Crippen LogP contribution in [-0.4, -0.2) is 48.4 Å². The molecule has 1 aliphatic heterocycles. The number of rotatable bonds is 4. The molecule has 0 bridgehead atoms. The Morgan fingerprint density at radius 2 is 2.00 bits per heavy atom. The maximum atomic E-state index is 6.15. The van der Waals surface area contributed by atoms with Crippen molar-refractivity contribution in [1.29, 1.82) is 0 Å². The van der Waals surface area contributed by atoms with E-state index >= 15 is 0 Å². The molecule has 2 aliphatic carbocycles. The van der Waals surface area contributed by atoms with E-state index in [2.05, 4.69) is 11.0 Å². The lowest BCUT2D eigenvalue weighted by Gasteiger charge is -2.41. The molecule has 1 spiro atoms. The van der Waals surface area contributed by atoms with Crippen molar-refractivity contribution in [3.05, 3.63) is 17.6 Å². The SMILES string of the molecule is COCc1nc(C2CC(N)C2)cc(N2CCOC3(CCCC3)C2)n1.Cl.Cl. The number of ether oxygens (including phenoxy) is 2. The highest BCUT2D eigenvalue weighted by Crippen LogP contribution is 2.38. The predicted octanol–water partition coefficient (Wildman–Crippen LogP) is 2.82. The van der Waals surface area contributed by atoms with Gasteiger partial charge in [-0.05, 0) is 25.7 Å². The highest BCUT2D eigenvalue weighted by molar-refractivity contribution is 5.85. The molecular formula is C18H30Cl2N4O2. The Labute approximate surface area is 168 Å². The van der Waals surface area contributed by atoms with E-state index in [0.717, 1.165) is 49.9 Å². The fraction of sp³-hybridized carbons (Fsp3) is 0.778. The maximum absolute atomic E-state index is 6.15. The summed E-state index contributed by atoms with van der Waals surface area (Å²) in [6.45, 7) is 3.08. The fourth-order valence-corrected chi connectivity index (χ4v) is 4.33. The zero-order valence-electron chi connectivity index (χ0n) is 15.4. The van der Waals surface area contributed by atoms with Gasteiger partial charge in [-0.25, -0.2) is 9.97 Å². The first kappa shape index (κ1) is 21.6. The molecular weight excluding hydrogens is 375 g/mol. The topological polar surface area (TPSA) is 73.5 Å². The van der Waals surface area contributed by atoms with Crippen LogP contribution in [0.1, 0.15) is 56.0 Å². The lowest BCUT2D eigenvalue weighted by Crippen LogP contribution is -2.50. The van der Waals surface area contributed by atoms with Crippen molar-refractivity contribution in [1.82, 2.24) is 9.97 Å². The molecule has 3 aliphatic rings. The van der Waals surface area contributed by atoms with Gasteiger partial charge >= 0.3 is 0 Å². The van der Waals surface area contributed by atoms with Gasteiger partial charge in [0.25, 0.3) is 0 Å². The summed E-state index contributed by atoms with van der Waals surface area (Å²) in [5, 5.41) is 0. The molecule has 0 radical (unpaired) electrons. The van der Waals surface area contributed by atoms with Crippen molar-refractivity contribution in [2.75, 3.05) is 31.7 Å². The number of hydrogen-bond acceptors (Lipinski definition) is 6. The quantitative estimate of drug-likeness (QED) is 0.831. The molecule has 0 atom stereocenters. The van der Waals surface area contributed by atoms with Crippen LogP contribution < -0.4 is 10.6 Å². The van der Waals surface area contributed by atoms with E-state index in [1.54, 1.807) is 7.11 Å². The summed E-state index contributed by atoms with van der Waals surface area (Å²) >= 11 is 0. The minimum atomic E-state index is 0. The second-order valence-electron chi connectivity index (χ2n) is 7.59. The van der Waals surface area contributed by atoms with Crippen molar-refractivity contribution in [3.8, 4) is 0 Å². The van der Waals surface area contributed by atoms with Crippen molar-refractivity contribution in [2.24, 2.45) is 5.73 Å². The molecule has 1 aromatic heterocycles. The standard InChI is InChI=1S/C18H28N4O2.2ClH/c1-23-11-16-20-15(13-8-14(19)9-13)10-17(21-16)22-6-7-24-18(12-22)4-2-3-5-18;;/h10,13-14H,2-9,11-12,19H2,1H3;2*1H.